The highest BCUT2D eigenvalue weighted by atomic mass is 32.2. The van der Waals surface area contributed by atoms with Gasteiger partial charge in [-0.15, -0.1) is 0 Å². The summed E-state index contributed by atoms with van der Waals surface area (Å²) >= 11 is 1.47. The summed E-state index contributed by atoms with van der Waals surface area (Å²) in [6.07, 6.45) is 4.02. The molecule has 1 saturated heterocycles. The van der Waals surface area contributed by atoms with E-state index in [4.69, 9.17) is 4.74 Å². The van der Waals surface area contributed by atoms with Gasteiger partial charge in [-0.3, -0.25) is 4.79 Å². The summed E-state index contributed by atoms with van der Waals surface area (Å²) < 4.78 is 5.86. The van der Waals surface area contributed by atoms with Crippen LogP contribution in [-0.4, -0.2) is 60.7 Å². The van der Waals surface area contributed by atoms with Gasteiger partial charge in [-0.05, 0) is 37.4 Å². The number of thioether (sulfide) groups is 1. The number of hydrogen-bond acceptors (Lipinski definition) is 5. The fourth-order valence-corrected chi connectivity index (χ4v) is 3.69. The Morgan fingerprint density at radius 2 is 2.00 bits per heavy atom. The summed E-state index contributed by atoms with van der Waals surface area (Å²) in [6, 6.07) is 7.86. The highest BCUT2D eigenvalue weighted by molar-refractivity contribution is 8.18. The third-order valence-corrected chi connectivity index (χ3v) is 5.39. The molecule has 0 saturated carbocycles. The van der Waals surface area contributed by atoms with Crippen LogP contribution in [0.25, 0.3) is 6.08 Å². The number of nitrogens with zero attached hydrogens (tertiary/aromatic N) is 3. The van der Waals surface area contributed by atoms with E-state index in [1.165, 1.54) is 11.8 Å². The van der Waals surface area contributed by atoms with Gasteiger partial charge in [0.05, 0.1) is 11.5 Å². The maximum absolute atomic E-state index is 12.3. The van der Waals surface area contributed by atoms with Crippen LogP contribution in [0.1, 0.15) is 25.3 Å². The minimum Gasteiger partial charge on any atom is -0.493 e. The van der Waals surface area contributed by atoms with Gasteiger partial charge >= 0.3 is 0 Å². The zero-order valence-electron chi connectivity index (χ0n) is 14.9. The third-order valence-electron chi connectivity index (χ3n) is 4.34. The molecule has 0 bridgehead atoms. The first-order valence-electron chi connectivity index (χ1n) is 8.85. The van der Waals surface area contributed by atoms with Crippen molar-refractivity contribution in [3.8, 4) is 5.75 Å². The van der Waals surface area contributed by atoms with Gasteiger partial charge in [0, 0.05) is 31.7 Å². The number of carbonyl (C=O) groups excluding carboxylic acids is 1. The van der Waals surface area contributed by atoms with E-state index in [9.17, 15) is 4.79 Å². The predicted molar refractivity (Wildman–Crippen MR) is 104 cm³/mol. The first-order valence-corrected chi connectivity index (χ1v) is 9.67. The summed E-state index contributed by atoms with van der Waals surface area (Å²) in [5.41, 5.74) is 0.935. The van der Waals surface area contributed by atoms with Crippen LogP contribution in [0.5, 0.6) is 5.75 Å². The molecule has 2 aliphatic heterocycles. The van der Waals surface area contributed by atoms with Crippen molar-refractivity contribution in [1.29, 1.82) is 0 Å². The fraction of sp³-hybridized carbons (Fsp3) is 0.474. The molecule has 5 nitrogen and oxygen atoms in total. The summed E-state index contributed by atoms with van der Waals surface area (Å²) in [7, 11) is 2.12. The Morgan fingerprint density at radius 1 is 1.24 bits per heavy atom. The van der Waals surface area contributed by atoms with Crippen LogP contribution in [0.15, 0.2) is 34.2 Å². The fourth-order valence-electron chi connectivity index (χ4n) is 2.73. The maximum Gasteiger partial charge on any atom is 0.286 e. The molecule has 1 aromatic rings. The second-order valence-corrected chi connectivity index (χ2v) is 7.35. The van der Waals surface area contributed by atoms with Crippen molar-refractivity contribution >= 4 is 28.9 Å². The van der Waals surface area contributed by atoms with E-state index in [2.05, 4.69) is 28.8 Å². The van der Waals surface area contributed by atoms with Crippen molar-refractivity contribution in [2.45, 2.75) is 19.8 Å². The van der Waals surface area contributed by atoms with Crippen LogP contribution >= 0.6 is 11.8 Å². The minimum absolute atomic E-state index is 0.151. The van der Waals surface area contributed by atoms with E-state index in [0.717, 1.165) is 55.5 Å². The van der Waals surface area contributed by atoms with Crippen LogP contribution in [0.4, 0.5) is 0 Å². The van der Waals surface area contributed by atoms with Gasteiger partial charge in [0.25, 0.3) is 5.91 Å². The summed E-state index contributed by atoms with van der Waals surface area (Å²) in [4.78, 5) is 21.7. The molecule has 1 aromatic carbocycles. The number of amides is 1. The van der Waals surface area contributed by atoms with E-state index >= 15 is 0 Å². The van der Waals surface area contributed by atoms with Gasteiger partial charge in [0.1, 0.15) is 5.75 Å². The summed E-state index contributed by atoms with van der Waals surface area (Å²) in [6.45, 7) is 6.67. The van der Waals surface area contributed by atoms with E-state index in [1.54, 1.807) is 0 Å². The predicted octanol–water partition coefficient (Wildman–Crippen LogP) is 3.08. The Bertz CT molecular complexity index is 679. The minimum atomic E-state index is -0.151. The number of likely N-dealkylation sites (N-methyl/N-ethyl adjacent to an activating group) is 1. The van der Waals surface area contributed by atoms with Crippen LogP contribution in [0, 0.1) is 0 Å². The van der Waals surface area contributed by atoms with Gasteiger partial charge in [-0.25, -0.2) is 0 Å². The number of carbonyl (C=O) groups is 1. The van der Waals surface area contributed by atoms with E-state index in [0.29, 0.717) is 11.5 Å². The smallest absolute Gasteiger partial charge is 0.286 e. The second kappa shape index (κ2) is 8.54. The molecule has 0 atom stereocenters. The molecule has 0 unspecified atom stereocenters. The molecule has 1 amide bonds. The van der Waals surface area contributed by atoms with Gasteiger partial charge < -0.3 is 14.5 Å². The molecule has 0 spiro atoms. The molecule has 25 heavy (non-hydrogen) atoms. The number of rotatable bonds is 5. The molecule has 2 heterocycles. The Hall–Kier alpha value is -1.79. The SMILES string of the molecule is CCCCOc1ccccc1/C=C1/SC(N2CCN(C)CC2)=NC1=O. The number of ether oxygens (including phenoxy) is 1. The van der Waals surface area contributed by atoms with Gasteiger partial charge in [-0.2, -0.15) is 4.99 Å². The van der Waals surface area contributed by atoms with Gasteiger partial charge in [0.2, 0.25) is 0 Å². The number of para-hydroxylation sites is 1. The van der Waals surface area contributed by atoms with Crippen molar-refractivity contribution in [3.63, 3.8) is 0 Å². The quantitative estimate of drug-likeness (QED) is 0.597. The third kappa shape index (κ3) is 4.64. The average Bonchev–Trinajstić information content (AvgIpc) is 2.98. The Balaban J connectivity index is 1.70. The molecule has 2 aliphatic rings. The normalized spacial score (nSPS) is 20.2. The van der Waals surface area contributed by atoms with Crippen molar-refractivity contribution in [3.05, 3.63) is 34.7 Å². The van der Waals surface area contributed by atoms with Crippen LogP contribution in [-0.2, 0) is 4.79 Å². The molecule has 6 heteroatoms. The number of unbranched alkanes of at least 4 members (excludes halogenated alkanes) is 1. The monoisotopic (exact) mass is 359 g/mol. The summed E-state index contributed by atoms with van der Waals surface area (Å²) in [5, 5.41) is 0.828. The molecular weight excluding hydrogens is 334 g/mol. The molecule has 3 rings (SSSR count). The molecule has 134 valence electrons. The van der Waals surface area contributed by atoms with Crippen molar-refractivity contribution in [2.75, 3.05) is 39.8 Å². The number of aliphatic imine (C=N–C) groups is 1. The molecular formula is C19H25N3O2S. The molecule has 0 radical (unpaired) electrons. The molecule has 0 aliphatic carbocycles. The largest absolute Gasteiger partial charge is 0.493 e. The van der Waals surface area contributed by atoms with Gasteiger partial charge in [-0.1, -0.05) is 31.5 Å². The summed E-state index contributed by atoms with van der Waals surface area (Å²) in [5.74, 6) is 0.673. The Labute approximate surface area is 153 Å². The van der Waals surface area contributed by atoms with Crippen LogP contribution in [0.2, 0.25) is 0 Å². The van der Waals surface area contributed by atoms with E-state index in [-0.39, 0.29) is 5.91 Å². The Morgan fingerprint density at radius 3 is 2.76 bits per heavy atom. The van der Waals surface area contributed by atoms with E-state index in [1.807, 2.05) is 30.3 Å². The lowest BCUT2D eigenvalue weighted by Gasteiger charge is -2.32. The Kier molecular flexibility index (Phi) is 6.15. The highest BCUT2D eigenvalue weighted by Crippen LogP contribution is 2.32. The number of benzene rings is 1. The molecule has 0 aromatic heterocycles. The van der Waals surface area contributed by atoms with E-state index < -0.39 is 0 Å². The highest BCUT2D eigenvalue weighted by Gasteiger charge is 2.28. The average molecular weight is 359 g/mol. The first kappa shape index (κ1) is 18.0. The molecule has 1 fully saturated rings. The van der Waals surface area contributed by atoms with Gasteiger partial charge in [0.15, 0.2) is 5.17 Å². The zero-order chi connectivity index (χ0) is 17.6. The number of amidine groups is 1. The van der Waals surface area contributed by atoms with Crippen molar-refractivity contribution < 1.29 is 9.53 Å². The van der Waals surface area contributed by atoms with Crippen LogP contribution < -0.4 is 4.74 Å². The number of piperazine rings is 1. The molecule has 0 N–H and O–H groups in total. The second-order valence-electron chi connectivity index (χ2n) is 6.34. The number of hydrogen-bond donors (Lipinski definition) is 0. The lowest BCUT2D eigenvalue weighted by molar-refractivity contribution is -0.113. The zero-order valence-corrected chi connectivity index (χ0v) is 15.7. The van der Waals surface area contributed by atoms with Crippen molar-refractivity contribution in [2.24, 2.45) is 4.99 Å². The van der Waals surface area contributed by atoms with Crippen molar-refractivity contribution in [1.82, 2.24) is 9.80 Å². The maximum atomic E-state index is 12.3. The lowest BCUT2D eigenvalue weighted by atomic mass is 10.2. The first-order chi connectivity index (χ1) is 12.2. The standard InChI is InChI=1S/C19H25N3O2S/c1-3-4-13-24-16-8-6-5-7-15(16)14-17-18(23)20-19(25-17)22-11-9-21(2)10-12-22/h5-8,14H,3-4,9-13H2,1-2H3/b17-14+. The lowest BCUT2D eigenvalue weighted by Crippen LogP contribution is -2.46. The topological polar surface area (TPSA) is 45.1 Å². The van der Waals surface area contributed by atoms with Crippen LogP contribution in [0.3, 0.4) is 0 Å².